The van der Waals surface area contributed by atoms with Gasteiger partial charge in [0.1, 0.15) is 0 Å². The largest absolute Gasteiger partial charge is 0.481 e. The second-order valence-electron chi connectivity index (χ2n) is 7.77. The van der Waals surface area contributed by atoms with Crippen molar-refractivity contribution in [3.8, 4) is 0 Å². The van der Waals surface area contributed by atoms with Crippen molar-refractivity contribution >= 4 is 5.97 Å². The van der Waals surface area contributed by atoms with E-state index in [0.717, 1.165) is 38.5 Å². The maximum Gasteiger partial charge on any atom is 0.309 e. The first-order valence-electron chi connectivity index (χ1n) is 8.46. The molecular formula is C20H30O2. The molecule has 2 heteroatoms. The van der Waals surface area contributed by atoms with Crippen LogP contribution in [-0.2, 0) is 4.79 Å². The molecule has 0 aromatic rings. The topological polar surface area (TPSA) is 37.3 Å². The summed E-state index contributed by atoms with van der Waals surface area (Å²) in [4.78, 5) is 11.9. The summed E-state index contributed by atoms with van der Waals surface area (Å²) in [7, 11) is 0. The number of hydrogen-bond donors (Lipinski definition) is 1. The Hall–Kier alpha value is -1.31. The number of aliphatic carboxylic acids is 1. The monoisotopic (exact) mass is 302 g/mol. The Kier molecular flexibility index (Phi) is 4.70. The smallest absolute Gasteiger partial charge is 0.309 e. The molecule has 0 aromatic carbocycles. The lowest BCUT2D eigenvalue weighted by molar-refractivity contribution is -0.164. The number of carboxylic acids is 1. The van der Waals surface area contributed by atoms with Crippen molar-refractivity contribution < 1.29 is 9.90 Å². The SMILES string of the molecule is C=C/C(C)=C/C[C@H]1C(=C)CC[C@H]2[C@@]1(C)CCC[C@]2(C)C(=O)O. The Morgan fingerprint density at radius 2 is 2.09 bits per heavy atom. The maximum atomic E-state index is 11.9. The normalized spacial score (nSPS) is 39.2. The molecule has 0 amide bonds. The van der Waals surface area contributed by atoms with E-state index < -0.39 is 11.4 Å². The van der Waals surface area contributed by atoms with Gasteiger partial charge in [0.2, 0.25) is 0 Å². The van der Waals surface area contributed by atoms with Gasteiger partial charge < -0.3 is 5.11 Å². The molecule has 0 bridgehead atoms. The molecule has 4 atom stereocenters. The second-order valence-corrected chi connectivity index (χ2v) is 7.77. The van der Waals surface area contributed by atoms with Crippen molar-refractivity contribution in [1.29, 1.82) is 0 Å². The van der Waals surface area contributed by atoms with Crippen LogP contribution in [0.1, 0.15) is 59.3 Å². The summed E-state index contributed by atoms with van der Waals surface area (Å²) in [6, 6.07) is 0. The van der Waals surface area contributed by atoms with Crippen LogP contribution in [0.5, 0.6) is 0 Å². The van der Waals surface area contributed by atoms with Gasteiger partial charge in [0.05, 0.1) is 5.41 Å². The van der Waals surface area contributed by atoms with E-state index in [2.05, 4.69) is 33.1 Å². The van der Waals surface area contributed by atoms with Crippen LogP contribution in [0.15, 0.2) is 36.5 Å². The van der Waals surface area contributed by atoms with Gasteiger partial charge in [-0.1, -0.05) is 49.8 Å². The van der Waals surface area contributed by atoms with E-state index in [9.17, 15) is 9.90 Å². The molecule has 122 valence electrons. The number of rotatable bonds is 4. The van der Waals surface area contributed by atoms with Crippen LogP contribution in [0.4, 0.5) is 0 Å². The van der Waals surface area contributed by atoms with Gasteiger partial charge in [-0.2, -0.15) is 0 Å². The highest BCUT2D eigenvalue weighted by atomic mass is 16.4. The van der Waals surface area contributed by atoms with E-state index in [1.165, 1.54) is 11.1 Å². The standard InChI is InChI=1S/C20H30O2/c1-6-14(2)8-10-16-15(3)9-11-17-19(16,4)12-7-13-20(17,5)18(21)22/h6,8,16-17H,1,3,7,9-13H2,2,4-5H3,(H,21,22)/b14-8+/t16-,17-,19-,20-/m0/s1. The highest BCUT2D eigenvalue weighted by molar-refractivity contribution is 5.75. The van der Waals surface area contributed by atoms with Crippen LogP contribution < -0.4 is 0 Å². The molecule has 0 heterocycles. The molecule has 2 nitrogen and oxygen atoms in total. The van der Waals surface area contributed by atoms with Gasteiger partial charge in [0.15, 0.2) is 0 Å². The van der Waals surface area contributed by atoms with Crippen LogP contribution in [0.3, 0.4) is 0 Å². The maximum absolute atomic E-state index is 11.9. The minimum absolute atomic E-state index is 0.0542. The number of fused-ring (bicyclic) bond motifs is 1. The Labute approximate surface area is 135 Å². The molecule has 0 unspecified atom stereocenters. The molecule has 0 saturated heterocycles. The highest BCUT2D eigenvalue weighted by Gasteiger charge is 2.57. The molecule has 0 spiro atoms. The lowest BCUT2D eigenvalue weighted by Gasteiger charge is -2.57. The van der Waals surface area contributed by atoms with Crippen molar-refractivity contribution in [2.75, 3.05) is 0 Å². The summed E-state index contributed by atoms with van der Waals surface area (Å²) >= 11 is 0. The zero-order chi connectivity index (χ0) is 16.5. The predicted molar refractivity (Wildman–Crippen MR) is 91.6 cm³/mol. The van der Waals surface area contributed by atoms with E-state index in [4.69, 9.17) is 0 Å². The third-order valence-electron chi connectivity index (χ3n) is 6.51. The van der Waals surface area contributed by atoms with E-state index in [1.807, 2.05) is 13.0 Å². The van der Waals surface area contributed by atoms with Crippen LogP contribution in [0.25, 0.3) is 0 Å². The Morgan fingerprint density at radius 3 is 2.68 bits per heavy atom. The van der Waals surface area contributed by atoms with E-state index >= 15 is 0 Å². The molecule has 2 saturated carbocycles. The summed E-state index contributed by atoms with van der Waals surface area (Å²) in [5.41, 5.74) is 1.97. The molecule has 0 aromatic heterocycles. The van der Waals surface area contributed by atoms with Gasteiger partial charge in [0.25, 0.3) is 0 Å². The van der Waals surface area contributed by atoms with E-state index in [0.29, 0.717) is 5.92 Å². The average Bonchev–Trinajstić information content (AvgIpc) is 2.45. The van der Waals surface area contributed by atoms with Gasteiger partial charge in [0, 0.05) is 0 Å². The zero-order valence-corrected chi connectivity index (χ0v) is 14.3. The first-order chi connectivity index (χ1) is 10.3. The molecule has 1 N–H and O–H groups in total. The van der Waals surface area contributed by atoms with Crippen molar-refractivity contribution in [3.05, 3.63) is 36.5 Å². The minimum atomic E-state index is -0.618. The van der Waals surface area contributed by atoms with Gasteiger partial charge in [-0.15, -0.1) is 0 Å². The third-order valence-corrected chi connectivity index (χ3v) is 6.51. The summed E-state index contributed by atoms with van der Waals surface area (Å²) < 4.78 is 0. The molecular weight excluding hydrogens is 272 g/mol. The third kappa shape index (κ3) is 2.68. The first kappa shape index (κ1) is 17.1. The Morgan fingerprint density at radius 1 is 1.41 bits per heavy atom. The summed E-state index contributed by atoms with van der Waals surface area (Å²) in [6.07, 6.45) is 9.95. The molecule has 2 aliphatic carbocycles. The molecule has 2 fully saturated rings. The van der Waals surface area contributed by atoms with Gasteiger partial charge >= 0.3 is 5.97 Å². The molecule has 0 aliphatic heterocycles. The summed E-state index contributed by atoms with van der Waals surface area (Å²) in [5, 5.41) is 9.81. The summed E-state index contributed by atoms with van der Waals surface area (Å²) in [6.45, 7) is 14.5. The zero-order valence-electron chi connectivity index (χ0n) is 14.3. The van der Waals surface area contributed by atoms with Gasteiger partial charge in [-0.25, -0.2) is 0 Å². The summed E-state index contributed by atoms with van der Waals surface area (Å²) in [5.74, 6) is 0.0202. The van der Waals surface area contributed by atoms with Crippen LogP contribution in [0.2, 0.25) is 0 Å². The average molecular weight is 302 g/mol. The Balaban J connectivity index is 2.36. The fraction of sp³-hybridized carbons (Fsp3) is 0.650. The van der Waals surface area contributed by atoms with Gasteiger partial charge in [-0.3, -0.25) is 4.79 Å². The van der Waals surface area contributed by atoms with Crippen LogP contribution in [0, 0.1) is 22.7 Å². The van der Waals surface area contributed by atoms with E-state index in [1.54, 1.807) is 0 Å². The predicted octanol–water partition coefficient (Wildman–Crippen LogP) is 5.37. The molecule has 0 radical (unpaired) electrons. The number of hydrogen-bond acceptors (Lipinski definition) is 1. The molecule has 22 heavy (non-hydrogen) atoms. The van der Waals surface area contributed by atoms with Crippen molar-refractivity contribution in [2.45, 2.75) is 59.3 Å². The fourth-order valence-electron chi connectivity index (χ4n) is 5.03. The number of allylic oxidation sites excluding steroid dienone is 4. The molecule has 2 rings (SSSR count). The lowest BCUT2D eigenvalue weighted by atomic mass is 9.46. The van der Waals surface area contributed by atoms with E-state index in [-0.39, 0.29) is 11.3 Å². The van der Waals surface area contributed by atoms with Crippen molar-refractivity contribution in [3.63, 3.8) is 0 Å². The van der Waals surface area contributed by atoms with Gasteiger partial charge in [-0.05, 0) is 63.2 Å². The molecule has 2 aliphatic rings. The van der Waals surface area contributed by atoms with Crippen LogP contribution in [-0.4, -0.2) is 11.1 Å². The number of carboxylic acid groups (broad SMARTS) is 1. The second kappa shape index (κ2) is 6.06. The fourth-order valence-corrected chi connectivity index (χ4v) is 5.03. The minimum Gasteiger partial charge on any atom is -0.481 e. The number of carbonyl (C=O) groups is 1. The van der Waals surface area contributed by atoms with Crippen molar-refractivity contribution in [1.82, 2.24) is 0 Å². The quantitative estimate of drug-likeness (QED) is 0.559. The lowest BCUT2D eigenvalue weighted by Crippen LogP contribution is -2.53. The van der Waals surface area contributed by atoms with Crippen molar-refractivity contribution in [2.24, 2.45) is 22.7 Å². The Bertz CT molecular complexity index is 516. The first-order valence-corrected chi connectivity index (χ1v) is 8.46. The van der Waals surface area contributed by atoms with Crippen LogP contribution >= 0.6 is 0 Å². The highest BCUT2D eigenvalue weighted by Crippen LogP contribution is 2.61.